The molecule has 0 bridgehead atoms. The number of benzene rings is 1. The number of nitrogens with one attached hydrogen (secondary N) is 1. The smallest absolute Gasteiger partial charge is 0.285 e. The summed E-state index contributed by atoms with van der Waals surface area (Å²) in [6.07, 6.45) is 1.07. The number of amides is 1. The number of rotatable bonds is 5. The number of hydrogen-bond donors (Lipinski definition) is 2. The number of nitrogens with two attached hydrogens (primary N) is 1. The molecule has 1 amide bonds. The SMILES string of the molecule is CCC[NH2+]C(C)(C)C(=O)Nc1ccccc1C. The number of para-hydroxylation sites is 1. The molecule has 1 aromatic carbocycles. The zero-order valence-electron chi connectivity index (χ0n) is 11.2. The van der Waals surface area contributed by atoms with Gasteiger partial charge in [0.2, 0.25) is 0 Å². The second-order valence-corrected chi connectivity index (χ2v) is 4.98. The number of aryl methyl sites for hydroxylation is 1. The Kier molecular flexibility index (Phi) is 4.70. The van der Waals surface area contributed by atoms with E-state index in [9.17, 15) is 4.79 Å². The van der Waals surface area contributed by atoms with Gasteiger partial charge in [-0.1, -0.05) is 25.1 Å². The molecule has 0 aliphatic heterocycles. The van der Waals surface area contributed by atoms with Crippen LogP contribution in [0.5, 0.6) is 0 Å². The summed E-state index contributed by atoms with van der Waals surface area (Å²) in [6.45, 7) is 8.99. The molecule has 0 spiro atoms. The van der Waals surface area contributed by atoms with Crippen molar-refractivity contribution in [1.29, 1.82) is 0 Å². The topological polar surface area (TPSA) is 45.7 Å². The van der Waals surface area contributed by atoms with Crippen LogP contribution in [0.3, 0.4) is 0 Å². The summed E-state index contributed by atoms with van der Waals surface area (Å²) in [4.78, 5) is 12.1. The summed E-state index contributed by atoms with van der Waals surface area (Å²) in [5, 5.41) is 5.07. The Labute approximate surface area is 104 Å². The maximum Gasteiger partial charge on any atom is 0.285 e. The van der Waals surface area contributed by atoms with E-state index >= 15 is 0 Å². The van der Waals surface area contributed by atoms with Crippen LogP contribution in [-0.4, -0.2) is 18.0 Å². The minimum atomic E-state index is -0.418. The Morgan fingerprint density at radius 3 is 2.59 bits per heavy atom. The van der Waals surface area contributed by atoms with Crippen molar-refractivity contribution in [3.05, 3.63) is 29.8 Å². The largest absolute Gasteiger partial charge is 0.334 e. The van der Waals surface area contributed by atoms with E-state index in [1.165, 1.54) is 0 Å². The minimum absolute atomic E-state index is 0.0558. The Bertz CT molecular complexity index is 386. The molecule has 0 atom stereocenters. The second kappa shape index (κ2) is 5.82. The van der Waals surface area contributed by atoms with Crippen LogP contribution in [-0.2, 0) is 4.79 Å². The molecule has 1 aromatic rings. The van der Waals surface area contributed by atoms with E-state index in [4.69, 9.17) is 0 Å². The molecule has 0 saturated heterocycles. The van der Waals surface area contributed by atoms with E-state index in [1.807, 2.05) is 45.0 Å². The maximum atomic E-state index is 12.1. The zero-order chi connectivity index (χ0) is 12.9. The van der Waals surface area contributed by atoms with Crippen molar-refractivity contribution in [1.82, 2.24) is 0 Å². The Hall–Kier alpha value is -1.35. The monoisotopic (exact) mass is 235 g/mol. The highest BCUT2D eigenvalue weighted by atomic mass is 16.2. The highest BCUT2D eigenvalue weighted by molar-refractivity contribution is 5.96. The Morgan fingerprint density at radius 1 is 1.35 bits per heavy atom. The summed E-state index contributed by atoms with van der Waals surface area (Å²) in [5.41, 5.74) is 1.57. The van der Waals surface area contributed by atoms with Crippen LogP contribution in [0.4, 0.5) is 5.69 Å². The molecule has 17 heavy (non-hydrogen) atoms. The van der Waals surface area contributed by atoms with Crippen molar-refractivity contribution in [2.24, 2.45) is 0 Å². The molecule has 3 N–H and O–H groups in total. The first-order valence-corrected chi connectivity index (χ1v) is 6.19. The third-order valence-corrected chi connectivity index (χ3v) is 2.92. The van der Waals surface area contributed by atoms with Gasteiger partial charge in [0, 0.05) is 5.69 Å². The predicted molar refractivity (Wildman–Crippen MR) is 71.0 cm³/mol. The lowest BCUT2D eigenvalue weighted by atomic mass is 10.0. The van der Waals surface area contributed by atoms with Gasteiger partial charge in [-0.2, -0.15) is 0 Å². The molecule has 0 radical (unpaired) electrons. The summed E-state index contributed by atoms with van der Waals surface area (Å²) >= 11 is 0. The van der Waals surface area contributed by atoms with Crippen molar-refractivity contribution in [3.8, 4) is 0 Å². The van der Waals surface area contributed by atoms with Gasteiger partial charge in [0.05, 0.1) is 6.54 Å². The van der Waals surface area contributed by atoms with Crippen LogP contribution in [0.25, 0.3) is 0 Å². The molecule has 0 heterocycles. The van der Waals surface area contributed by atoms with Crippen LogP contribution in [0, 0.1) is 6.92 Å². The lowest BCUT2D eigenvalue weighted by molar-refractivity contribution is -0.705. The molecular weight excluding hydrogens is 212 g/mol. The fraction of sp³-hybridized carbons (Fsp3) is 0.500. The summed E-state index contributed by atoms with van der Waals surface area (Å²) in [6, 6.07) is 7.84. The summed E-state index contributed by atoms with van der Waals surface area (Å²) in [5.74, 6) is 0.0558. The molecule has 1 rings (SSSR count). The van der Waals surface area contributed by atoms with E-state index in [0.29, 0.717) is 0 Å². The van der Waals surface area contributed by atoms with Crippen LogP contribution < -0.4 is 10.6 Å². The first-order valence-electron chi connectivity index (χ1n) is 6.19. The number of anilines is 1. The quantitative estimate of drug-likeness (QED) is 0.801. The van der Waals surface area contributed by atoms with Crippen molar-refractivity contribution in [2.45, 2.75) is 39.7 Å². The lowest BCUT2D eigenvalue weighted by Gasteiger charge is -2.22. The minimum Gasteiger partial charge on any atom is -0.334 e. The van der Waals surface area contributed by atoms with Crippen molar-refractivity contribution < 1.29 is 10.1 Å². The third kappa shape index (κ3) is 3.86. The van der Waals surface area contributed by atoms with Gasteiger partial charge in [-0.25, -0.2) is 0 Å². The Balaban J connectivity index is 2.69. The fourth-order valence-corrected chi connectivity index (χ4v) is 1.59. The molecule has 0 aliphatic carbocycles. The maximum absolute atomic E-state index is 12.1. The highest BCUT2D eigenvalue weighted by Gasteiger charge is 2.30. The van der Waals surface area contributed by atoms with Crippen molar-refractivity contribution >= 4 is 11.6 Å². The lowest BCUT2D eigenvalue weighted by Crippen LogP contribution is -2.97. The normalized spacial score (nSPS) is 11.3. The standard InChI is InChI=1S/C14H22N2O/c1-5-10-15-14(3,4)13(17)16-12-9-7-6-8-11(12)2/h6-9,15H,5,10H2,1-4H3,(H,16,17)/p+1. The number of quaternary nitrogens is 1. The summed E-state index contributed by atoms with van der Waals surface area (Å²) in [7, 11) is 0. The first kappa shape index (κ1) is 13.7. The number of hydrogen-bond acceptors (Lipinski definition) is 1. The van der Waals surface area contributed by atoms with Gasteiger partial charge >= 0.3 is 0 Å². The molecule has 3 heteroatoms. The fourth-order valence-electron chi connectivity index (χ4n) is 1.59. The molecule has 0 fully saturated rings. The zero-order valence-corrected chi connectivity index (χ0v) is 11.2. The molecule has 94 valence electrons. The Morgan fingerprint density at radius 2 is 2.00 bits per heavy atom. The predicted octanol–water partition coefficient (Wildman–Crippen LogP) is 1.69. The number of carbonyl (C=O) groups excluding carboxylic acids is 1. The average molecular weight is 235 g/mol. The first-order chi connectivity index (χ1) is 7.97. The molecule has 0 saturated carbocycles. The molecule has 3 nitrogen and oxygen atoms in total. The van der Waals surface area contributed by atoms with Gasteiger partial charge in [0.25, 0.3) is 5.91 Å². The molecule has 0 aliphatic rings. The van der Waals surface area contributed by atoms with E-state index in [-0.39, 0.29) is 5.91 Å². The van der Waals surface area contributed by atoms with E-state index in [1.54, 1.807) is 0 Å². The van der Waals surface area contributed by atoms with E-state index in [2.05, 4.69) is 17.6 Å². The van der Waals surface area contributed by atoms with Crippen LogP contribution in [0.1, 0.15) is 32.8 Å². The molecular formula is C14H23N2O+. The van der Waals surface area contributed by atoms with Crippen LogP contribution in [0.15, 0.2) is 24.3 Å². The van der Waals surface area contributed by atoms with Gasteiger partial charge in [-0.05, 0) is 38.8 Å². The molecule has 0 aromatic heterocycles. The molecule has 0 unspecified atom stereocenters. The van der Waals surface area contributed by atoms with Crippen LogP contribution in [0.2, 0.25) is 0 Å². The van der Waals surface area contributed by atoms with Gasteiger partial charge < -0.3 is 10.6 Å². The number of carbonyl (C=O) groups is 1. The van der Waals surface area contributed by atoms with E-state index < -0.39 is 5.54 Å². The highest BCUT2D eigenvalue weighted by Crippen LogP contribution is 2.14. The summed E-state index contributed by atoms with van der Waals surface area (Å²) < 4.78 is 0. The van der Waals surface area contributed by atoms with Gasteiger partial charge in [-0.3, -0.25) is 4.79 Å². The van der Waals surface area contributed by atoms with Crippen LogP contribution >= 0.6 is 0 Å². The average Bonchev–Trinajstić information content (AvgIpc) is 2.29. The second-order valence-electron chi connectivity index (χ2n) is 4.98. The third-order valence-electron chi connectivity index (χ3n) is 2.92. The van der Waals surface area contributed by atoms with Crippen molar-refractivity contribution in [3.63, 3.8) is 0 Å². The van der Waals surface area contributed by atoms with E-state index in [0.717, 1.165) is 24.2 Å². The van der Waals surface area contributed by atoms with Gasteiger partial charge in [0.1, 0.15) is 0 Å². The van der Waals surface area contributed by atoms with Gasteiger partial charge in [-0.15, -0.1) is 0 Å². The van der Waals surface area contributed by atoms with Gasteiger partial charge in [0.15, 0.2) is 5.54 Å². The van der Waals surface area contributed by atoms with Crippen molar-refractivity contribution in [2.75, 3.05) is 11.9 Å².